The summed E-state index contributed by atoms with van der Waals surface area (Å²) in [4.78, 5) is 0. The second-order valence-corrected chi connectivity index (χ2v) is 6.35. The zero-order chi connectivity index (χ0) is 16.1. The molecule has 1 aliphatic rings. The molecule has 0 N–H and O–H groups in total. The summed E-state index contributed by atoms with van der Waals surface area (Å²) in [5, 5.41) is 0. The molecule has 22 heavy (non-hydrogen) atoms. The van der Waals surface area contributed by atoms with Crippen LogP contribution in [0.5, 0.6) is 0 Å². The van der Waals surface area contributed by atoms with Crippen molar-refractivity contribution in [2.75, 3.05) is 0 Å². The lowest BCUT2D eigenvalue weighted by atomic mass is 9.83. The fraction of sp³-hybridized carbons (Fsp3) is 0.455. The molecule has 0 saturated carbocycles. The van der Waals surface area contributed by atoms with Gasteiger partial charge < -0.3 is 0 Å². The van der Waals surface area contributed by atoms with Crippen molar-refractivity contribution >= 4 is 0 Å². The molecule has 0 spiro atoms. The molecule has 0 aromatic heterocycles. The van der Waals surface area contributed by atoms with Crippen LogP contribution in [-0.2, 0) is 0 Å². The van der Waals surface area contributed by atoms with E-state index < -0.39 is 0 Å². The smallest absolute Gasteiger partial charge is 0.00574 e. The number of hydrogen-bond donors (Lipinski definition) is 0. The Morgan fingerprint density at radius 2 is 1.86 bits per heavy atom. The monoisotopic (exact) mass is 294 g/mol. The molecule has 0 nitrogen and oxygen atoms in total. The summed E-state index contributed by atoms with van der Waals surface area (Å²) < 4.78 is 0. The van der Waals surface area contributed by atoms with Crippen LogP contribution < -0.4 is 0 Å². The lowest BCUT2D eigenvalue weighted by Gasteiger charge is -2.22. The fourth-order valence-corrected chi connectivity index (χ4v) is 3.93. The van der Waals surface area contributed by atoms with Crippen LogP contribution in [0, 0.1) is 6.92 Å². The van der Waals surface area contributed by atoms with Crippen LogP contribution >= 0.6 is 0 Å². The topological polar surface area (TPSA) is 0 Å². The molecular weight excluding hydrogens is 264 g/mol. The number of allylic oxidation sites excluding steroid dienone is 5. The Kier molecular flexibility index (Phi) is 5.83. The normalized spacial score (nSPS) is 16.4. The molecule has 1 atom stereocenters. The van der Waals surface area contributed by atoms with E-state index in [0.717, 1.165) is 19.3 Å². The first-order valence-electron chi connectivity index (χ1n) is 8.79. The first-order valence-corrected chi connectivity index (χ1v) is 8.79. The van der Waals surface area contributed by atoms with Crippen LogP contribution in [0.3, 0.4) is 0 Å². The highest BCUT2D eigenvalue weighted by Crippen LogP contribution is 2.44. The molecule has 0 aliphatic heterocycles. The molecule has 0 heterocycles. The van der Waals surface area contributed by atoms with E-state index in [1.807, 2.05) is 0 Å². The van der Waals surface area contributed by atoms with Gasteiger partial charge in [0.05, 0.1) is 0 Å². The van der Waals surface area contributed by atoms with Gasteiger partial charge in [-0.05, 0) is 54.9 Å². The van der Waals surface area contributed by atoms with Crippen LogP contribution in [0.1, 0.15) is 69.9 Å². The predicted molar refractivity (Wildman–Crippen MR) is 98.3 cm³/mol. The largest absolute Gasteiger partial charge is 0.0988 e. The molecule has 0 fully saturated rings. The first kappa shape index (κ1) is 16.8. The Hall–Kier alpha value is -1.56. The lowest BCUT2D eigenvalue weighted by molar-refractivity contribution is 0.669. The Bertz CT molecular complexity index is 598. The van der Waals surface area contributed by atoms with Gasteiger partial charge in [-0.2, -0.15) is 0 Å². The summed E-state index contributed by atoms with van der Waals surface area (Å²) in [5.74, 6) is 0.568. The lowest BCUT2D eigenvalue weighted by Crippen LogP contribution is -2.04. The average molecular weight is 294 g/mol. The molecule has 0 amide bonds. The third-order valence-corrected chi connectivity index (χ3v) is 4.92. The van der Waals surface area contributed by atoms with Crippen molar-refractivity contribution in [2.45, 2.75) is 65.7 Å². The molecule has 1 unspecified atom stereocenters. The van der Waals surface area contributed by atoms with Crippen molar-refractivity contribution in [2.24, 2.45) is 0 Å². The quantitative estimate of drug-likeness (QED) is 0.514. The third-order valence-electron chi connectivity index (χ3n) is 4.92. The Morgan fingerprint density at radius 3 is 2.41 bits per heavy atom. The molecule has 0 saturated heterocycles. The van der Waals surface area contributed by atoms with E-state index in [0.29, 0.717) is 5.92 Å². The van der Waals surface area contributed by atoms with Gasteiger partial charge in [-0.25, -0.2) is 0 Å². The van der Waals surface area contributed by atoms with Crippen molar-refractivity contribution < 1.29 is 0 Å². The van der Waals surface area contributed by atoms with Gasteiger partial charge in [-0.15, -0.1) is 0 Å². The van der Waals surface area contributed by atoms with Gasteiger partial charge >= 0.3 is 0 Å². The maximum atomic E-state index is 4.05. The van der Waals surface area contributed by atoms with Crippen molar-refractivity contribution in [3.05, 3.63) is 70.3 Å². The highest BCUT2D eigenvalue weighted by molar-refractivity contribution is 5.53. The summed E-state index contributed by atoms with van der Waals surface area (Å²) in [6.45, 7) is 13.1. The first-order chi connectivity index (χ1) is 10.7. The van der Waals surface area contributed by atoms with Crippen molar-refractivity contribution in [1.29, 1.82) is 0 Å². The zero-order valence-electron chi connectivity index (χ0n) is 14.7. The van der Waals surface area contributed by atoms with Crippen LogP contribution in [0.15, 0.2) is 59.2 Å². The maximum absolute atomic E-state index is 4.05. The van der Waals surface area contributed by atoms with E-state index in [9.17, 15) is 0 Å². The second-order valence-electron chi connectivity index (χ2n) is 6.35. The SMILES string of the molecule is C=CC1=C(CC)C(CC)=C(C(CCC)c2cccc(C)c2)C1. The molecule has 0 bridgehead atoms. The molecule has 118 valence electrons. The highest BCUT2D eigenvalue weighted by Gasteiger charge is 2.26. The molecular formula is C22H30. The van der Waals surface area contributed by atoms with Gasteiger partial charge in [-0.3, -0.25) is 0 Å². The van der Waals surface area contributed by atoms with E-state index in [1.54, 1.807) is 16.7 Å². The van der Waals surface area contributed by atoms with Gasteiger partial charge in [0, 0.05) is 5.92 Å². The van der Waals surface area contributed by atoms with E-state index in [1.165, 1.54) is 29.5 Å². The summed E-state index contributed by atoms with van der Waals surface area (Å²) in [7, 11) is 0. The Morgan fingerprint density at radius 1 is 1.14 bits per heavy atom. The van der Waals surface area contributed by atoms with E-state index in [2.05, 4.69) is 64.6 Å². The Labute approximate surface area is 136 Å². The number of rotatable bonds is 7. The molecule has 1 aliphatic carbocycles. The van der Waals surface area contributed by atoms with Crippen LogP contribution in [0.25, 0.3) is 0 Å². The van der Waals surface area contributed by atoms with Gasteiger partial charge in [-0.1, -0.05) is 75.2 Å². The Balaban J connectivity index is 2.47. The summed E-state index contributed by atoms with van der Waals surface area (Å²) in [6, 6.07) is 9.08. The third kappa shape index (κ3) is 3.27. The summed E-state index contributed by atoms with van der Waals surface area (Å²) in [6.07, 6.45) is 7.92. The van der Waals surface area contributed by atoms with Crippen LogP contribution in [0.4, 0.5) is 0 Å². The van der Waals surface area contributed by atoms with Crippen molar-refractivity contribution in [1.82, 2.24) is 0 Å². The summed E-state index contributed by atoms with van der Waals surface area (Å²) in [5.41, 5.74) is 9.13. The van der Waals surface area contributed by atoms with Gasteiger partial charge in [0.15, 0.2) is 0 Å². The average Bonchev–Trinajstić information content (AvgIpc) is 2.89. The molecule has 1 aromatic rings. The minimum atomic E-state index is 0.568. The zero-order valence-corrected chi connectivity index (χ0v) is 14.7. The minimum Gasteiger partial charge on any atom is -0.0988 e. The maximum Gasteiger partial charge on any atom is 0.00574 e. The number of benzene rings is 1. The number of aryl methyl sites for hydroxylation is 1. The van der Waals surface area contributed by atoms with Crippen LogP contribution in [-0.4, -0.2) is 0 Å². The van der Waals surface area contributed by atoms with Crippen LogP contribution in [0.2, 0.25) is 0 Å². The molecule has 0 heteroatoms. The molecule has 1 aromatic carbocycles. The van der Waals surface area contributed by atoms with E-state index in [4.69, 9.17) is 0 Å². The summed E-state index contributed by atoms with van der Waals surface area (Å²) >= 11 is 0. The molecule has 2 rings (SSSR count). The fourth-order valence-electron chi connectivity index (χ4n) is 3.93. The van der Waals surface area contributed by atoms with E-state index in [-0.39, 0.29) is 0 Å². The van der Waals surface area contributed by atoms with Crippen molar-refractivity contribution in [3.63, 3.8) is 0 Å². The van der Waals surface area contributed by atoms with Gasteiger partial charge in [0.2, 0.25) is 0 Å². The minimum absolute atomic E-state index is 0.568. The van der Waals surface area contributed by atoms with Crippen molar-refractivity contribution in [3.8, 4) is 0 Å². The predicted octanol–water partition coefficient (Wildman–Crippen LogP) is 6.88. The van der Waals surface area contributed by atoms with Gasteiger partial charge in [0.1, 0.15) is 0 Å². The standard InChI is InChI=1S/C22H30/c1-6-11-21(18-13-10-12-16(5)14-18)22-15-17(7-2)19(8-3)20(22)9-4/h7,10,12-14,21H,2,6,8-9,11,15H2,1,3-5H3. The molecule has 0 radical (unpaired) electrons. The van der Waals surface area contributed by atoms with E-state index >= 15 is 0 Å². The highest BCUT2D eigenvalue weighted by atomic mass is 14.3. The second kappa shape index (κ2) is 7.63. The van der Waals surface area contributed by atoms with Gasteiger partial charge in [0.25, 0.3) is 0 Å². The number of hydrogen-bond acceptors (Lipinski definition) is 0.